The zero-order valence-corrected chi connectivity index (χ0v) is 22.7. The summed E-state index contributed by atoms with van der Waals surface area (Å²) in [6, 6.07) is 10.7. The molecule has 0 saturated carbocycles. The van der Waals surface area contributed by atoms with Gasteiger partial charge in [-0.25, -0.2) is 4.79 Å². The number of carbonyl (C=O) groups excluding carboxylic acids is 3. The zero-order valence-electron chi connectivity index (χ0n) is 19.7. The van der Waals surface area contributed by atoms with Gasteiger partial charge in [0.25, 0.3) is 11.1 Å². The maximum atomic E-state index is 12.9. The molecule has 1 heterocycles. The average Bonchev–Trinajstić information content (AvgIpc) is 3.11. The van der Waals surface area contributed by atoms with Crippen molar-refractivity contribution in [3.05, 3.63) is 74.2 Å². The van der Waals surface area contributed by atoms with Crippen molar-refractivity contribution in [3.8, 4) is 11.5 Å². The monoisotopic (exact) mass is 607 g/mol. The van der Waals surface area contributed by atoms with Crippen LogP contribution in [0.15, 0.2) is 54.0 Å². The Hall–Kier alpha value is -2.79. The van der Waals surface area contributed by atoms with E-state index in [1.54, 1.807) is 18.2 Å². The fourth-order valence-corrected chi connectivity index (χ4v) is 4.75. The van der Waals surface area contributed by atoms with Crippen LogP contribution in [0.3, 0.4) is 0 Å². The van der Waals surface area contributed by atoms with Crippen molar-refractivity contribution in [2.45, 2.75) is 32.9 Å². The SMILES string of the molecule is C=CCc1cc(/C=C2/SC(=O)N([C@H](C)C(=O)OC)C2=O)cc(OCC)c1OCc1ccc(I)cc1. The van der Waals surface area contributed by atoms with Crippen LogP contribution in [-0.4, -0.2) is 41.8 Å². The van der Waals surface area contributed by atoms with Crippen molar-refractivity contribution in [3.63, 3.8) is 0 Å². The lowest BCUT2D eigenvalue weighted by atomic mass is 10.0. The first-order chi connectivity index (χ1) is 16.8. The standard InChI is InChI=1S/C26H26INO6S/c1-5-7-19-12-18(14-22-24(29)28(26(31)35-22)16(3)25(30)32-4)13-21(33-6-2)23(19)34-15-17-8-10-20(27)11-9-17/h5,8-14,16H,1,6-7,15H2,2-4H3/b22-14+/t16-/m1/s1. The summed E-state index contributed by atoms with van der Waals surface area (Å²) in [4.78, 5) is 38.3. The Morgan fingerprint density at radius 1 is 1.20 bits per heavy atom. The number of esters is 1. The molecule has 0 bridgehead atoms. The van der Waals surface area contributed by atoms with Crippen LogP contribution in [0.5, 0.6) is 11.5 Å². The average molecular weight is 607 g/mol. The predicted molar refractivity (Wildman–Crippen MR) is 144 cm³/mol. The lowest BCUT2D eigenvalue weighted by Gasteiger charge is -2.18. The van der Waals surface area contributed by atoms with E-state index in [-0.39, 0.29) is 4.91 Å². The lowest BCUT2D eigenvalue weighted by molar-refractivity contribution is -0.148. The number of amides is 2. The number of methoxy groups -OCH3 is 1. The summed E-state index contributed by atoms with van der Waals surface area (Å²) >= 11 is 3.04. The third kappa shape index (κ3) is 6.46. The summed E-state index contributed by atoms with van der Waals surface area (Å²) in [5, 5.41) is -0.520. The number of ether oxygens (including phenoxy) is 3. The van der Waals surface area contributed by atoms with E-state index in [0.717, 1.165) is 31.4 Å². The number of rotatable bonds is 10. The maximum Gasteiger partial charge on any atom is 0.328 e. The van der Waals surface area contributed by atoms with E-state index >= 15 is 0 Å². The largest absolute Gasteiger partial charge is 0.490 e. The van der Waals surface area contributed by atoms with Crippen LogP contribution in [0.25, 0.3) is 6.08 Å². The smallest absolute Gasteiger partial charge is 0.328 e. The molecule has 184 valence electrons. The number of allylic oxidation sites excluding steroid dienone is 1. The number of hydrogen-bond acceptors (Lipinski definition) is 7. The summed E-state index contributed by atoms with van der Waals surface area (Å²) < 4.78 is 17.9. The third-order valence-electron chi connectivity index (χ3n) is 5.17. The molecule has 1 aliphatic heterocycles. The Morgan fingerprint density at radius 3 is 2.54 bits per heavy atom. The fraction of sp³-hybridized carbons (Fsp3) is 0.269. The topological polar surface area (TPSA) is 82.1 Å². The van der Waals surface area contributed by atoms with Crippen LogP contribution in [0.1, 0.15) is 30.5 Å². The highest BCUT2D eigenvalue weighted by atomic mass is 127. The van der Waals surface area contributed by atoms with E-state index in [2.05, 4.69) is 33.9 Å². The van der Waals surface area contributed by atoms with Crippen molar-refractivity contribution < 1.29 is 28.6 Å². The molecule has 1 aliphatic rings. The Kier molecular flexibility index (Phi) is 9.39. The van der Waals surface area contributed by atoms with Crippen LogP contribution in [-0.2, 0) is 27.4 Å². The Labute approximate surface area is 222 Å². The van der Waals surface area contributed by atoms with Gasteiger partial charge in [0.05, 0.1) is 18.6 Å². The van der Waals surface area contributed by atoms with Gasteiger partial charge < -0.3 is 14.2 Å². The summed E-state index contributed by atoms with van der Waals surface area (Å²) in [5.74, 6) is -0.0594. The summed E-state index contributed by atoms with van der Waals surface area (Å²) in [6.07, 6.45) is 3.90. The lowest BCUT2D eigenvalue weighted by Crippen LogP contribution is -2.42. The molecule has 9 heteroatoms. The van der Waals surface area contributed by atoms with Crippen molar-refractivity contribution in [1.82, 2.24) is 4.90 Å². The van der Waals surface area contributed by atoms with Gasteiger partial charge in [-0.2, -0.15) is 0 Å². The van der Waals surface area contributed by atoms with Gasteiger partial charge in [0.2, 0.25) is 0 Å². The predicted octanol–water partition coefficient (Wildman–Crippen LogP) is 5.60. The molecule has 2 aromatic carbocycles. The molecule has 0 aromatic heterocycles. The minimum atomic E-state index is -1.01. The van der Waals surface area contributed by atoms with Gasteiger partial charge in [0, 0.05) is 9.13 Å². The molecule has 7 nitrogen and oxygen atoms in total. The highest BCUT2D eigenvalue weighted by Gasteiger charge is 2.41. The number of carbonyl (C=O) groups is 3. The second-order valence-corrected chi connectivity index (χ2v) is 9.84. The molecule has 2 aromatic rings. The molecule has 0 radical (unpaired) electrons. The summed E-state index contributed by atoms with van der Waals surface area (Å²) in [6.45, 7) is 7.97. The van der Waals surface area contributed by atoms with E-state index in [1.165, 1.54) is 14.0 Å². The Balaban J connectivity index is 1.94. The van der Waals surface area contributed by atoms with Gasteiger partial charge in [0.15, 0.2) is 11.5 Å². The van der Waals surface area contributed by atoms with Crippen molar-refractivity contribution >= 4 is 57.5 Å². The molecule has 0 unspecified atom stereocenters. The zero-order chi connectivity index (χ0) is 25.5. The highest BCUT2D eigenvalue weighted by Crippen LogP contribution is 2.38. The van der Waals surface area contributed by atoms with Crippen molar-refractivity contribution in [2.24, 2.45) is 0 Å². The van der Waals surface area contributed by atoms with Crippen LogP contribution in [0.2, 0.25) is 0 Å². The second-order valence-electron chi connectivity index (χ2n) is 7.60. The quantitative estimate of drug-likeness (QED) is 0.151. The normalized spacial score (nSPS) is 15.3. The molecule has 1 saturated heterocycles. The molecule has 1 atom stereocenters. The number of imide groups is 1. The van der Waals surface area contributed by atoms with Gasteiger partial charge in [-0.15, -0.1) is 6.58 Å². The number of hydrogen-bond donors (Lipinski definition) is 0. The van der Waals surface area contributed by atoms with Gasteiger partial charge in [-0.05, 0) is 96.1 Å². The van der Waals surface area contributed by atoms with Crippen LogP contribution in [0, 0.1) is 3.57 Å². The third-order valence-corrected chi connectivity index (χ3v) is 6.77. The van der Waals surface area contributed by atoms with Gasteiger partial charge in [-0.1, -0.05) is 18.2 Å². The molecular formula is C26H26INO6S. The highest BCUT2D eigenvalue weighted by molar-refractivity contribution is 14.1. The Bertz CT molecular complexity index is 1160. The molecule has 3 rings (SSSR count). The van der Waals surface area contributed by atoms with E-state index < -0.39 is 23.2 Å². The second kappa shape index (κ2) is 12.3. The van der Waals surface area contributed by atoms with E-state index in [4.69, 9.17) is 9.47 Å². The first-order valence-electron chi connectivity index (χ1n) is 10.9. The van der Waals surface area contributed by atoms with Crippen LogP contribution in [0.4, 0.5) is 4.79 Å². The number of benzene rings is 2. The van der Waals surface area contributed by atoms with Crippen LogP contribution >= 0.6 is 34.4 Å². The maximum absolute atomic E-state index is 12.9. The summed E-state index contributed by atoms with van der Waals surface area (Å²) in [7, 11) is 1.21. The van der Waals surface area contributed by atoms with E-state index in [0.29, 0.717) is 36.7 Å². The van der Waals surface area contributed by atoms with Gasteiger partial charge in [0.1, 0.15) is 12.6 Å². The fourth-order valence-electron chi connectivity index (χ4n) is 3.48. The minimum Gasteiger partial charge on any atom is -0.490 e. The van der Waals surface area contributed by atoms with E-state index in [9.17, 15) is 14.4 Å². The van der Waals surface area contributed by atoms with Gasteiger partial charge in [-0.3, -0.25) is 14.5 Å². The molecule has 0 N–H and O–H groups in total. The first-order valence-corrected chi connectivity index (χ1v) is 12.8. The molecular weight excluding hydrogens is 581 g/mol. The minimum absolute atomic E-state index is 0.213. The molecule has 35 heavy (non-hydrogen) atoms. The van der Waals surface area contributed by atoms with Crippen LogP contribution < -0.4 is 9.47 Å². The van der Waals surface area contributed by atoms with Gasteiger partial charge >= 0.3 is 5.97 Å². The number of halogens is 1. The summed E-state index contributed by atoms with van der Waals surface area (Å²) in [5.41, 5.74) is 2.53. The molecule has 1 fully saturated rings. The molecule has 0 aliphatic carbocycles. The first kappa shape index (κ1) is 26.8. The molecule has 2 amide bonds. The Morgan fingerprint density at radius 2 is 1.91 bits per heavy atom. The molecule has 0 spiro atoms. The van der Waals surface area contributed by atoms with Crippen molar-refractivity contribution in [2.75, 3.05) is 13.7 Å². The number of nitrogens with zero attached hydrogens (tertiary/aromatic N) is 1. The van der Waals surface area contributed by atoms with E-state index in [1.807, 2.05) is 37.3 Å². The number of thioether (sulfide) groups is 1. The van der Waals surface area contributed by atoms with Crippen molar-refractivity contribution in [1.29, 1.82) is 0 Å².